The van der Waals surface area contributed by atoms with E-state index in [9.17, 15) is 4.39 Å². The average molecular weight is 289 g/mol. The number of aromatic nitrogens is 2. The number of rotatable bonds is 1. The second-order valence-electron chi connectivity index (χ2n) is 4.10. The van der Waals surface area contributed by atoms with Crippen LogP contribution in [0.25, 0.3) is 11.0 Å². The molecule has 0 radical (unpaired) electrons. The third-order valence-corrected chi connectivity index (χ3v) is 4.76. The number of aromatic amines is 1. The van der Waals surface area contributed by atoms with Gasteiger partial charge in [0.25, 0.3) is 0 Å². The third kappa shape index (κ3) is 1.90. The minimum absolute atomic E-state index is 0.144. The van der Waals surface area contributed by atoms with Gasteiger partial charge in [0, 0.05) is 17.9 Å². The van der Waals surface area contributed by atoms with Crippen LogP contribution in [0.4, 0.5) is 4.39 Å². The van der Waals surface area contributed by atoms with E-state index in [0.29, 0.717) is 16.3 Å². The first-order chi connectivity index (χ1) is 8.16. The van der Waals surface area contributed by atoms with Gasteiger partial charge in [0.2, 0.25) is 0 Å². The summed E-state index contributed by atoms with van der Waals surface area (Å²) in [7, 11) is 0. The molecule has 1 fully saturated rings. The maximum absolute atomic E-state index is 13.4. The second-order valence-corrected chi connectivity index (χ2v) is 6.04. The van der Waals surface area contributed by atoms with Crippen molar-refractivity contribution in [2.75, 3.05) is 11.5 Å². The van der Waals surface area contributed by atoms with Crippen LogP contribution in [0.1, 0.15) is 12.5 Å². The summed E-state index contributed by atoms with van der Waals surface area (Å²) in [6.07, 6.45) is 1.10. The minimum Gasteiger partial charge on any atom is -0.330 e. The van der Waals surface area contributed by atoms with Gasteiger partial charge in [-0.15, -0.1) is 0 Å². The molecule has 1 saturated heterocycles. The predicted molar refractivity (Wildman–Crippen MR) is 73.1 cm³/mol. The summed E-state index contributed by atoms with van der Waals surface area (Å²) < 4.78 is 16.1. The summed E-state index contributed by atoms with van der Waals surface area (Å²) in [5.74, 6) is 1.79. The van der Waals surface area contributed by atoms with Crippen molar-refractivity contribution >= 4 is 46.6 Å². The molecular weight excluding hydrogens is 279 g/mol. The molecule has 1 aliphatic heterocycles. The molecule has 2 heterocycles. The Morgan fingerprint density at radius 1 is 1.53 bits per heavy atom. The average Bonchev–Trinajstić information content (AvgIpc) is 2.86. The number of thioether (sulfide) groups is 1. The van der Waals surface area contributed by atoms with Crippen molar-refractivity contribution in [3.63, 3.8) is 0 Å². The van der Waals surface area contributed by atoms with E-state index in [0.717, 1.165) is 23.4 Å². The molecule has 2 nitrogen and oxygen atoms in total. The molecule has 1 unspecified atom stereocenters. The van der Waals surface area contributed by atoms with Gasteiger partial charge < -0.3 is 9.55 Å². The van der Waals surface area contributed by atoms with Gasteiger partial charge in [-0.2, -0.15) is 11.8 Å². The fourth-order valence-corrected chi connectivity index (χ4v) is 3.92. The summed E-state index contributed by atoms with van der Waals surface area (Å²) in [4.78, 5) is 3.04. The highest BCUT2D eigenvalue weighted by Gasteiger charge is 2.21. The second kappa shape index (κ2) is 4.30. The van der Waals surface area contributed by atoms with Gasteiger partial charge in [-0.1, -0.05) is 11.6 Å². The fraction of sp³-hybridized carbons (Fsp3) is 0.364. The summed E-state index contributed by atoms with van der Waals surface area (Å²) in [5, 5.41) is 0.144. The molecule has 1 N–H and O–H groups in total. The van der Waals surface area contributed by atoms with E-state index < -0.39 is 5.82 Å². The van der Waals surface area contributed by atoms with Gasteiger partial charge in [0.15, 0.2) is 4.77 Å². The van der Waals surface area contributed by atoms with E-state index >= 15 is 0 Å². The van der Waals surface area contributed by atoms with Crippen molar-refractivity contribution in [3.05, 3.63) is 27.7 Å². The molecule has 0 aliphatic carbocycles. The van der Waals surface area contributed by atoms with Gasteiger partial charge in [0.1, 0.15) is 5.82 Å². The van der Waals surface area contributed by atoms with Crippen molar-refractivity contribution in [2.24, 2.45) is 0 Å². The van der Waals surface area contributed by atoms with Crippen molar-refractivity contribution in [2.45, 2.75) is 12.5 Å². The topological polar surface area (TPSA) is 20.7 Å². The Morgan fingerprint density at radius 3 is 3.06 bits per heavy atom. The number of imidazole rings is 1. The molecule has 1 aromatic carbocycles. The number of fused-ring (bicyclic) bond motifs is 1. The molecule has 90 valence electrons. The smallest absolute Gasteiger partial charge is 0.178 e. The number of benzene rings is 1. The number of H-pyrrole nitrogens is 1. The van der Waals surface area contributed by atoms with Crippen LogP contribution in [0, 0.1) is 10.6 Å². The molecule has 1 atom stereocenters. The molecule has 3 rings (SSSR count). The van der Waals surface area contributed by atoms with Crippen LogP contribution in [-0.4, -0.2) is 21.1 Å². The van der Waals surface area contributed by atoms with Crippen LogP contribution >= 0.6 is 35.6 Å². The largest absolute Gasteiger partial charge is 0.330 e. The Morgan fingerprint density at radius 2 is 2.35 bits per heavy atom. The van der Waals surface area contributed by atoms with Gasteiger partial charge in [-0.3, -0.25) is 0 Å². The van der Waals surface area contributed by atoms with Crippen LogP contribution in [-0.2, 0) is 0 Å². The lowest BCUT2D eigenvalue weighted by Crippen LogP contribution is -2.07. The summed E-state index contributed by atoms with van der Waals surface area (Å²) in [6, 6.07) is 3.45. The molecule has 1 aromatic heterocycles. The van der Waals surface area contributed by atoms with Gasteiger partial charge in [0.05, 0.1) is 16.1 Å². The zero-order valence-corrected chi connectivity index (χ0v) is 11.3. The van der Waals surface area contributed by atoms with E-state index in [1.165, 1.54) is 6.07 Å². The Labute approximate surface area is 112 Å². The van der Waals surface area contributed by atoms with Crippen LogP contribution in [0.15, 0.2) is 12.1 Å². The fourth-order valence-electron chi connectivity index (χ4n) is 2.21. The van der Waals surface area contributed by atoms with Crippen molar-refractivity contribution in [3.8, 4) is 0 Å². The molecule has 0 spiro atoms. The van der Waals surface area contributed by atoms with E-state index in [1.807, 2.05) is 11.8 Å². The van der Waals surface area contributed by atoms with Crippen LogP contribution < -0.4 is 0 Å². The first-order valence-corrected chi connectivity index (χ1v) is 7.28. The van der Waals surface area contributed by atoms with Gasteiger partial charge >= 0.3 is 0 Å². The quantitative estimate of drug-likeness (QED) is 0.795. The molecule has 6 heteroatoms. The highest BCUT2D eigenvalue weighted by molar-refractivity contribution is 7.99. The number of nitrogens with zero attached hydrogens (tertiary/aromatic N) is 1. The molecule has 0 bridgehead atoms. The molecule has 0 amide bonds. The third-order valence-electron chi connectivity index (χ3n) is 3.03. The Balaban J connectivity index is 2.26. The van der Waals surface area contributed by atoms with Gasteiger partial charge in [-0.25, -0.2) is 4.39 Å². The van der Waals surface area contributed by atoms with Gasteiger partial charge in [-0.05, 0) is 30.5 Å². The summed E-state index contributed by atoms with van der Waals surface area (Å²) in [6.45, 7) is 0. The van der Waals surface area contributed by atoms with Crippen molar-refractivity contribution < 1.29 is 4.39 Å². The lowest BCUT2D eigenvalue weighted by atomic mass is 10.2. The van der Waals surface area contributed by atoms with E-state index in [4.69, 9.17) is 23.8 Å². The van der Waals surface area contributed by atoms with Crippen LogP contribution in [0.3, 0.4) is 0 Å². The summed E-state index contributed by atoms with van der Waals surface area (Å²) >= 11 is 13.1. The van der Waals surface area contributed by atoms with E-state index in [1.54, 1.807) is 6.07 Å². The SMILES string of the molecule is Fc1cc2[nH]c(=S)n(C3CCSC3)c2cc1Cl. The number of nitrogens with one attached hydrogen (secondary N) is 1. The molecule has 17 heavy (non-hydrogen) atoms. The lowest BCUT2D eigenvalue weighted by molar-refractivity contribution is 0.568. The number of hydrogen-bond donors (Lipinski definition) is 1. The maximum atomic E-state index is 13.4. The lowest BCUT2D eigenvalue weighted by Gasteiger charge is -2.11. The molecule has 1 aliphatic rings. The standard InChI is InChI=1S/C11H10ClFN2S2/c12-7-3-10-9(4-8(7)13)14-11(16)15(10)6-1-2-17-5-6/h3-4,6H,1-2,5H2,(H,14,16). The Kier molecular flexibility index (Phi) is 2.92. The molecule has 2 aromatic rings. The monoisotopic (exact) mass is 288 g/mol. The highest BCUT2D eigenvalue weighted by Crippen LogP contribution is 2.32. The Bertz CT molecular complexity index is 628. The van der Waals surface area contributed by atoms with Crippen molar-refractivity contribution in [1.82, 2.24) is 9.55 Å². The van der Waals surface area contributed by atoms with E-state index in [-0.39, 0.29) is 5.02 Å². The van der Waals surface area contributed by atoms with E-state index in [2.05, 4.69) is 9.55 Å². The molecular formula is C11H10ClFN2S2. The first kappa shape index (κ1) is 11.6. The minimum atomic E-state index is -0.414. The van der Waals surface area contributed by atoms with Crippen LogP contribution in [0.5, 0.6) is 0 Å². The molecule has 0 saturated carbocycles. The summed E-state index contributed by atoms with van der Waals surface area (Å²) in [5.41, 5.74) is 1.61. The normalized spacial score (nSPS) is 20.2. The highest BCUT2D eigenvalue weighted by atomic mass is 35.5. The first-order valence-electron chi connectivity index (χ1n) is 5.34. The number of halogens is 2. The Hall–Kier alpha value is -0.520. The van der Waals surface area contributed by atoms with Crippen LogP contribution in [0.2, 0.25) is 5.02 Å². The zero-order chi connectivity index (χ0) is 12.0. The predicted octanol–water partition coefficient (Wildman–Crippen LogP) is 4.17. The number of hydrogen-bond acceptors (Lipinski definition) is 2. The maximum Gasteiger partial charge on any atom is 0.178 e. The van der Waals surface area contributed by atoms with Crippen molar-refractivity contribution in [1.29, 1.82) is 0 Å². The zero-order valence-electron chi connectivity index (χ0n) is 8.87.